The van der Waals surface area contributed by atoms with Gasteiger partial charge in [-0.25, -0.2) is 4.98 Å². The average molecular weight is 309 g/mol. The van der Waals surface area contributed by atoms with E-state index in [0.717, 1.165) is 17.9 Å². The van der Waals surface area contributed by atoms with E-state index in [2.05, 4.69) is 10.3 Å². The van der Waals surface area contributed by atoms with Crippen molar-refractivity contribution in [3.8, 4) is 0 Å². The van der Waals surface area contributed by atoms with Gasteiger partial charge in [0.15, 0.2) is 0 Å². The van der Waals surface area contributed by atoms with Gasteiger partial charge in [0, 0.05) is 17.6 Å². The second kappa shape index (κ2) is 7.27. The summed E-state index contributed by atoms with van der Waals surface area (Å²) in [5, 5.41) is 4.00. The van der Waals surface area contributed by atoms with Crippen LogP contribution in [0.4, 0.5) is 5.82 Å². The lowest BCUT2D eigenvalue weighted by molar-refractivity contribution is -0.116. The van der Waals surface area contributed by atoms with Crippen LogP contribution in [0.3, 0.4) is 0 Å². The first-order chi connectivity index (χ1) is 9.63. The molecule has 1 amide bonds. The van der Waals surface area contributed by atoms with Crippen LogP contribution in [0.25, 0.3) is 0 Å². The van der Waals surface area contributed by atoms with E-state index in [1.54, 1.807) is 12.1 Å². The quantitative estimate of drug-likeness (QED) is 0.892. The number of benzene rings is 1. The molecule has 2 aromatic rings. The van der Waals surface area contributed by atoms with Gasteiger partial charge in [-0.2, -0.15) is 0 Å². The van der Waals surface area contributed by atoms with Gasteiger partial charge in [0.05, 0.1) is 5.02 Å². The molecule has 1 heterocycles. The summed E-state index contributed by atoms with van der Waals surface area (Å²) in [6.45, 7) is 0. The van der Waals surface area contributed by atoms with E-state index in [4.69, 9.17) is 23.2 Å². The molecular formula is C15H14Cl2N2O. The first-order valence-electron chi connectivity index (χ1n) is 6.29. The maximum atomic E-state index is 11.7. The largest absolute Gasteiger partial charge is 0.311 e. The molecule has 0 radical (unpaired) electrons. The number of nitrogens with one attached hydrogen (secondary N) is 1. The van der Waals surface area contributed by atoms with Crippen LogP contribution in [0, 0.1) is 0 Å². The number of carbonyl (C=O) groups excluding carboxylic acids is 1. The van der Waals surface area contributed by atoms with Crippen molar-refractivity contribution in [2.24, 2.45) is 0 Å². The Morgan fingerprint density at radius 3 is 2.40 bits per heavy atom. The molecule has 5 heteroatoms. The molecule has 0 saturated carbocycles. The fourth-order valence-corrected chi connectivity index (χ4v) is 2.00. The topological polar surface area (TPSA) is 42.0 Å². The van der Waals surface area contributed by atoms with Crippen molar-refractivity contribution in [1.29, 1.82) is 0 Å². The normalized spacial score (nSPS) is 10.3. The van der Waals surface area contributed by atoms with Crippen molar-refractivity contribution in [2.45, 2.75) is 19.3 Å². The number of anilines is 1. The maximum Gasteiger partial charge on any atom is 0.225 e. The zero-order chi connectivity index (χ0) is 14.4. The molecule has 104 valence electrons. The number of carbonyl (C=O) groups is 1. The molecule has 1 aromatic heterocycles. The van der Waals surface area contributed by atoms with Crippen molar-refractivity contribution >= 4 is 34.9 Å². The zero-order valence-corrected chi connectivity index (χ0v) is 12.3. The Kier molecular flexibility index (Phi) is 5.39. The minimum Gasteiger partial charge on any atom is -0.311 e. The Morgan fingerprint density at radius 2 is 1.75 bits per heavy atom. The lowest BCUT2D eigenvalue weighted by atomic mass is 10.1. The Bertz CT molecular complexity index is 567. The third-order valence-electron chi connectivity index (χ3n) is 2.78. The van der Waals surface area contributed by atoms with Gasteiger partial charge in [0.1, 0.15) is 5.82 Å². The molecule has 0 fully saturated rings. The van der Waals surface area contributed by atoms with Gasteiger partial charge >= 0.3 is 0 Å². The van der Waals surface area contributed by atoms with E-state index in [1.165, 1.54) is 11.8 Å². The van der Waals surface area contributed by atoms with Gasteiger partial charge in [-0.05, 0) is 42.7 Å². The van der Waals surface area contributed by atoms with Crippen molar-refractivity contribution < 1.29 is 4.79 Å². The number of rotatable bonds is 5. The van der Waals surface area contributed by atoms with Gasteiger partial charge in [-0.15, -0.1) is 0 Å². The number of halogens is 2. The number of aromatic nitrogens is 1. The minimum absolute atomic E-state index is 0.0474. The number of amides is 1. The number of nitrogens with zero attached hydrogens (tertiary/aromatic N) is 1. The molecule has 20 heavy (non-hydrogen) atoms. The Labute approximate surface area is 127 Å². The maximum absolute atomic E-state index is 11.7. The van der Waals surface area contributed by atoms with E-state index in [0.29, 0.717) is 17.3 Å². The Balaban J connectivity index is 1.75. The van der Waals surface area contributed by atoms with Crippen LogP contribution in [0.5, 0.6) is 0 Å². The molecule has 0 aliphatic heterocycles. The highest BCUT2D eigenvalue weighted by Gasteiger charge is 2.03. The Morgan fingerprint density at radius 1 is 1.05 bits per heavy atom. The molecule has 0 spiro atoms. The summed E-state index contributed by atoms with van der Waals surface area (Å²) in [5.74, 6) is 0.472. The molecule has 1 aromatic carbocycles. The summed E-state index contributed by atoms with van der Waals surface area (Å²) in [5.41, 5.74) is 1.17. The third-order valence-corrected chi connectivity index (χ3v) is 3.25. The molecule has 0 bridgehead atoms. The first kappa shape index (κ1) is 14.8. The second-order valence-corrected chi connectivity index (χ2v) is 5.26. The van der Waals surface area contributed by atoms with E-state index in [1.807, 2.05) is 24.3 Å². The lowest BCUT2D eigenvalue weighted by Crippen LogP contribution is -2.12. The standard InChI is InChI=1S/C15H14Cl2N2O/c16-12-6-4-11(5-7-12)2-1-3-15(20)19-14-9-8-13(17)10-18-14/h4-10H,1-3H2,(H,18,19,20). The smallest absolute Gasteiger partial charge is 0.225 e. The van der Waals surface area contributed by atoms with Gasteiger partial charge < -0.3 is 5.32 Å². The van der Waals surface area contributed by atoms with Gasteiger partial charge in [0.2, 0.25) is 5.91 Å². The van der Waals surface area contributed by atoms with Crippen LogP contribution < -0.4 is 5.32 Å². The van der Waals surface area contributed by atoms with Gasteiger partial charge in [-0.3, -0.25) is 4.79 Å². The first-order valence-corrected chi connectivity index (χ1v) is 7.05. The second-order valence-electron chi connectivity index (χ2n) is 4.39. The molecule has 0 aliphatic carbocycles. The summed E-state index contributed by atoms with van der Waals surface area (Å²) < 4.78 is 0. The van der Waals surface area contributed by atoms with Crippen LogP contribution in [0.15, 0.2) is 42.6 Å². The number of hydrogen-bond donors (Lipinski definition) is 1. The SMILES string of the molecule is O=C(CCCc1ccc(Cl)cc1)Nc1ccc(Cl)cn1. The number of hydrogen-bond acceptors (Lipinski definition) is 2. The van der Waals surface area contributed by atoms with Crippen LogP contribution in [-0.2, 0) is 11.2 Å². The fourth-order valence-electron chi connectivity index (χ4n) is 1.76. The monoisotopic (exact) mass is 308 g/mol. The summed E-state index contributed by atoms with van der Waals surface area (Å²) in [6.07, 6.45) is 3.58. The average Bonchev–Trinajstić information content (AvgIpc) is 2.44. The molecular weight excluding hydrogens is 295 g/mol. The van der Waals surface area contributed by atoms with Gasteiger partial charge in [0.25, 0.3) is 0 Å². The number of pyridine rings is 1. The van der Waals surface area contributed by atoms with E-state index >= 15 is 0 Å². The highest BCUT2D eigenvalue weighted by molar-refractivity contribution is 6.30. The molecule has 2 rings (SSSR count). The molecule has 0 saturated heterocycles. The summed E-state index contributed by atoms with van der Waals surface area (Å²) in [7, 11) is 0. The summed E-state index contributed by atoms with van der Waals surface area (Å²) in [4.78, 5) is 15.8. The van der Waals surface area contributed by atoms with E-state index in [-0.39, 0.29) is 5.91 Å². The number of aryl methyl sites for hydroxylation is 1. The molecule has 1 N–H and O–H groups in total. The lowest BCUT2D eigenvalue weighted by Gasteiger charge is -2.04. The molecule has 0 unspecified atom stereocenters. The molecule has 0 atom stereocenters. The minimum atomic E-state index is -0.0474. The summed E-state index contributed by atoms with van der Waals surface area (Å²) >= 11 is 11.5. The van der Waals surface area contributed by atoms with E-state index in [9.17, 15) is 4.79 Å². The van der Waals surface area contributed by atoms with Crippen LogP contribution in [0.1, 0.15) is 18.4 Å². The summed E-state index contributed by atoms with van der Waals surface area (Å²) in [6, 6.07) is 11.0. The highest BCUT2D eigenvalue weighted by atomic mass is 35.5. The van der Waals surface area contributed by atoms with Crippen molar-refractivity contribution in [3.63, 3.8) is 0 Å². The predicted octanol–water partition coefficient (Wildman–Crippen LogP) is 4.35. The third kappa shape index (κ3) is 4.83. The van der Waals surface area contributed by atoms with Crippen molar-refractivity contribution in [1.82, 2.24) is 4.98 Å². The molecule has 0 aliphatic rings. The van der Waals surface area contributed by atoms with Crippen LogP contribution in [-0.4, -0.2) is 10.9 Å². The molecule has 3 nitrogen and oxygen atoms in total. The van der Waals surface area contributed by atoms with Crippen molar-refractivity contribution in [3.05, 3.63) is 58.2 Å². The zero-order valence-electron chi connectivity index (χ0n) is 10.8. The van der Waals surface area contributed by atoms with E-state index < -0.39 is 0 Å². The predicted molar refractivity (Wildman–Crippen MR) is 82.3 cm³/mol. The Hall–Kier alpha value is -1.58. The van der Waals surface area contributed by atoms with Gasteiger partial charge in [-0.1, -0.05) is 35.3 Å². The van der Waals surface area contributed by atoms with Crippen molar-refractivity contribution in [2.75, 3.05) is 5.32 Å². The van der Waals surface area contributed by atoms with Crippen LogP contribution in [0.2, 0.25) is 10.0 Å². The highest BCUT2D eigenvalue weighted by Crippen LogP contribution is 2.13. The van der Waals surface area contributed by atoms with Crippen LogP contribution >= 0.6 is 23.2 Å². The fraction of sp³-hybridized carbons (Fsp3) is 0.200.